The molecule has 1 fully saturated rings. The molecular formula is C22H26N2O. The molecule has 0 atom stereocenters. The average molecular weight is 334 g/mol. The second-order valence-corrected chi connectivity index (χ2v) is 7.09. The fraction of sp³-hybridized carbons (Fsp3) is 0.364. The van der Waals surface area contributed by atoms with E-state index >= 15 is 0 Å². The average Bonchev–Trinajstić information content (AvgIpc) is 3.00. The zero-order chi connectivity index (χ0) is 17.1. The van der Waals surface area contributed by atoms with Crippen LogP contribution in [0.2, 0.25) is 0 Å². The van der Waals surface area contributed by atoms with Crippen LogP contribution in [-0.2, 0) is 18.5 Å². The Kier molecular flexibility index (Phi) is 4.86. The Bertz CT molecular complexity index is 829. The highest BCUT2D eigenvalue weighted by Gasteiger charge is 2.13. The molecule has 0 unspecified atom stereocenters. The van der Waals surface area contributed by atoms with Gasteiger partial charge in [0, 0.05) is 29.7 Å². The summed E-state index contributed by atoms with van der Waals surface area (Å²) in [6.07, 6.45) is 6.48. The van der Waals surface area contributed by atoms with E-state index in [9.17, 15) is 0 Å². The number of nitrogens with one attached hydrogen (secondary N) is 1. The summed E-state index contributed by atoms with van der Waals surface area (Å²) in [5.74, 6) is 0. The number of hydrogen-bond acceptors (Lipinski definition) is 2. The number of benzene rings is 2. The lowest BCUT2D eigenvalue weighted by molar-refractivity contribution is -0.00457. The molecule has 3 aromatic rings. The van der Waals surface area contributed by atoms with Crippen LogP contribution in [0.5, 0.6) is 0 Å². The molecule has 1 aliphatic carbocycles. The van der Waals surface area contributed by atoms with Crippen LogP contribution in [0, 0.1) is 0 Å². The number of rotatable bonds is 5. The molecule has 1 N–H and O–H groups in total. The molecule has 3 heteroatoms. The molecule has 0 saturated heterocycles. The summed E-state index contributed by atoms with van der Waals surface area (Å²) in [6.45, 7) is 0.617. The van der Waals surface area contributed by atoms with Gasteiger partial charge in [-0.2, -0.15) is 5.48 Å². The Balaban J connectivity index is 1.41. The maximum absolute atomic E-state index is 5.72. The minimum Gasteiger partial charge on any atom is -0.344 e. The van der Waals surface area contributed by atoms with E-state index in [0.717, 1.165) is 0 Å². The fourth-order valence-corrected chi connectivity index (χ4v) is 3.80. The molecular weight excluding hydrogens is 308 g/mol. The van der Waals surface area contributed by atoms with Gasteiger partial charge in [-0.05, 0) is 36.1 Å². The van der Waals surface area contributed by atoms with E-state index in [1.165, 1.54) is 59.8 Å². The number of hydroxylamine groups is 1. The molecule has 25 heavy (non-hydrogen) atoms. The van der Waals surface area contributed by atoms with Crippen LogP contribution < -0.4 is 5.48 Å². The molecule has 0 aliphatic heterocycles. The van der Waals surface area contributed by atoms with Crippen molar-refractivity contribution in [2.24, 2.45) is 7.05 Å². The van der Waals surface area contributed by atoms with Gasteiger partial charge in [-0.15, -0.1) is 0 Å². The number of aryl methyl sites for hydroxylation is 1. The van der Waals surface area contributed by atoms with Gasteiger partial charge in [0.2, 0.25) is 0 Å². The van der Waals surface area contributed by atoms with E-state index in [1.807, 2.05) is 0 Å². The molecule has 3 nitrogen and oxygen atoms in total. The van der Waals surface area contributed by atoms with E-state index < -0.39 is 0 Å². The van der Waals surface area contributed by atoms with Gasteiger partial charge < -0.3 is 4.57 Å². The van der Waals surface area contributed by atoms with E-state index in [0.29, 0.717) is 12.6 Å². The van der Waals surface area contributed by atoms with Crippen molar-refractivity contribution in [2.45, 2.75) is 44.8 Å². The molecule has 1 aliphatic rings. The van der Waals surface area contributed by atoms with E-state index in [4.69, 9.17) is 4.84 Å². The normalized spacial score (nSPS) is 15.7. The lowest BCUT2D eigenvalue weighted by Gasteiger charge is -2.22. The van der Waals surface area contributed by atoms with Crippen molar-refractivity contribution in [2.75, 3.05) is 0 Å². The van der Waals surface area contributed by atoms with Gasteiger partial charge in [0.15, 0.2) is 0 Å². The lowest BCUT2D eigenvalue weighted by Crippen LogP contribution is -2.30. The maximum atomic E-state index is 5.72. The number of para-hydroxylation sites is 1. The van der Waals surface area contributed by atoms with E-state index in [2.05, 4.69) is 71.7 Å². The Morgan fingerprint density at radius 2 is 1.76 bits per heavy atom. The number of hydrogen-bond donors (Lipinski definition) is 1. The standard InChI is InChI=1S/C22H26N2O/c1-24-21-10-6-5-7-19(21)15-22(24)18-13-11-17(12-14-18)16-25-23-20-8-3-2-4-9-20/h5-7,10-15,20,23H,2-4,8-9,16H2,1H3. The van der Waals surface area contributed by atoms with Gasteiger partial charge in [0.25, 0.3) is 0 Å². The molecule has 4 rings (SSSR count). The third kappa shape index (κ3) is 3.63. The summed E-state index contributed by atoms with van der Waals surface area (Å²) in [6, 6.07) is 20.0. The Morgan fingerprint density at radius 3 is 2.52 bits per heavy atom. The van der Waals surface area contributed by atoms with Crippen LogP contribution in [0.3, 0.4) is 0 Å². The van der Waals surface area contributed by atoms with Crippen LogP contribution in [0.1, 0.15) is 37.7 Å². The van der Waals surface area contributed by atoms with Crippen LogP contribution >= 0.6 is 0 Å². The molecule has 0 bridgehead atoms. The molecule has 1 heterocycles. The minimum absolute atomic E-state index is 0.531. The Hall–Kier alpha value is -2.10. The predicted octanol–water partition coefficient (Wildman–Crippen LogP) is 5.20. The van der Waals surface area contributed by atoms with Gasteiger partial charge in [-0.3, -0.25) is 4.84 Å². The molecule has 130 valence electrons. The van der Waals surface area contributed by atoms with Gasteiger partial charge in [0.05, 0.1) is 6.61 Å². The van der Waals surface area contributed by atoms with Crippen molar-refractivity contribution in [1.82, 2.24) is 10.0 Å². The van der Waals surface area contributed by atoms with Crippen molar-refractivity contribution >= 4 is 10.9 Å². The van der Waals surface area contributed by atoms with Gasteiger partial charge >= 0.3 is 0 Å². The highest BCUT2D eigenvalue weighted by Crippen LogP contribution is 2.27. The first-order valence-electron chi connectivity index (χ1n) is 9.32. The van der Waals surface area contributed by atoms with E-state index in [1.54, 1.807) is 0 Å². The Labute approximate surface area is 149 Å². The number of aromatic nitrogens is 1. The zero-order valence-electron chi connectivity index (χ0n) is 14.9. The van der Waals surface area contributed by atoms with Crippen LogP contribution in [0.15, 0.2) is 54.6 Å². The number of fused-ring (bicyclic) bond motifs is 1. The fourth-order valence-electron chi connectivity index (χ4n) is 3.80. The maximum Gasteiger partial charge on any atom is 0.0933 e. The summed E-state index contributed by atoms with van der Waals surface area (Å²) in [5.41, 5.74) is 8.19. The first kappa shape index (κ1) is 16.4. The Morgan fingerprint density at radius 1 is 1.00 bits per heavy atom. The number of nitrogens with zero attached hydrogens (tertiary/aromatic N) is 1. The van der Waals surface area contributed by atoms with Crippen LogP contribution in [0.25, 0.3) is 22.2 Å². The van der Waals surface area contributed by atoms with Crippen LogP contribution in [-0.4, -0.2) is 10.6 Å². The molecule has 1 saturated carbocycles. The monoisotopic (exact) mass is 334 g/mol. The highest BCUT2D eigenvalue weighted by molar-refractivity contribution is 5.86. The molecule has 0 radical (unpaired) electrons. The second kappa shape index (κ2) is 7.42. The predicted molar refractivity (Wildman–Crippen MR) is 103 cm³/mol. The van der Waals surface area contributed by atoms with Gasteiger partial charge in [-0.1, -0.05) is 61.7 Å². The highest BCUT2D eigenvalue weighted by atomic mass is 16.6. The van der Waals surface area contributed by atoms with Crippen molar-refractivity contribution in [1.29, 1.82) is 0 Å². The molecule has 1 aromatic heterocycles. The van der Waals surface area contributed by atoms with E-state index in [-0.39, 0.29) is 0 Å². The van der Waals surface area contributed by atoms with Crippen molar-refractivity contribution in [3.63, 3.8) is 0 Å². The smallest absolute Gasteiger partial charge is 0.0933 e. The largest absolute Gasteiger partial charge is 0.344 e. The minimum atomic E-state index is 0.531. The van der Waals surface area contributed by atoms with Gasteiger partial charge in [-0.25, -0.2) is 0 Å². The summed E-state index contributed by atoms with van der Waals surface area (Å²) < 4.78 is 2.26. The quantitative estimate of drug-likeness (QED) is 0.649. The van der Waals surface area contributed by atoms with Crippen molar-refractivity contribution < 1.29 is 4.84 Å². The summed E-state index contributed by atoms with van der Waals surface area (Å²) in [5, 5.41) is 1.28. The molecule has 0 spiro atoms. The topological polar surface area (TPSA) is 26.2 Å². The first-order chi connectivity index (χ1) is 12.3. The second-order valence-electron chi connectivity index (χ2n) is 7.09. The first-order valence-corrected chi connectivity index (χ1v) is 9.32. The third-order valence-corrected chi connectivity index (χ3v) is 5.30. The molecule has 0 amide bonds. The SMILES string of the molecule is Cn1c(-c2ccc(CONC3CCCCC3)cc2)cc2ccccc21. The van der Waals surface area contributed by atoms with Crippen molar-refractivity contribution in [3.8, 4) is 11.3 Å². The molecule has 2 aromatic carbocycles. The summed E-state index contributed by atoms with van der Waals surface area (Å²) in [4.78, 5) is 5.72. The van der Waals surface area contributed by atoms with Crippen molar-refractivity contribution in [3.05, 3.63) is 60.2 Å². The van der Waals surface area contributed by atoms with Gasteiger partial charge in [0.1, 0.15) is 0 Å². The third-order valence-electron chi connectivity index (χ3n) is 5.30. The lowest BCUT2D eigenvalue weighted by atomic mass is 9.96. The summed E-state index contributed by atoms with van der Waals surface area (Å²) in [7, 11) is 2.13. The van der Waals surface area contributed by atoms with Crippen LogP contribution in [0.4, 0.5) is 0 Å². The summed E-state index contributed by atoms with van der Waals surface area (Å²) >= 11 is 0. The zero-order valence-corrected chi connectivity index (χ0v) is 14.9.